The molecule has 29 heavy (non-hydrogen) atoms. The molecule has 3 aromatic heterocycles. The third kappa shape index (κ3) is 3.51. The first-order valence-electron chi connectivity index (χ1n) is 9.80. The molecule has 1 saturated heterocycles. The summed E-state index contributed by atoms with van der Waals surface area (Å²) in [6, 6.07) is 4.37. The van der Waals surface area contributed by atoms with Crippen LogP contribution in [0, 0.1) is 19.3 Å². The maximum absolute atomic E-state index is 12.8. The van der Waals surface area contributed by atoms with E-state index in [0.717, 1.165) is 49.0 Å². The van der Waals surface area contributed by atoms with E-state index in [1.165, 1.54) is 25.8 Å². The molecule has 0 N–H and O–H groups in total. The van der Waals surface area contributed by atoms with Crippen LogP contribution in [0.2, 0.25) is 0 Å². The Bertz CT molecular complexity index is 1190. The fourth-order valence-corrected chi connectivity index (χ4v) is 6.11. The van der Waals surface area contributed by atoms with Crippen molar-refractivity contribution in [3.8, 4) is 0 Å². The van der Waals surface area contributed by atoms with Crippen molar-refractivity contribution in [2.75, 3.05) is 13.1 Å². The van der Waals surface area contributed by atoms with Gasteiger partial charge in [0.15, 0.2) is 0 Å². The summed E-state index contributed by atoms with van der Waals surface area (Å²) < 4.78 is 2.91. The molecule has 5 rings (SSSR count). The molecule has 5 heterocycles. The zero-order chi connectivity index (χ0) is 20.2. The first-order valence-corrected chi connectivity index (χ1v) is 11.5. The van der Waals surface area contributed by atoms with Gasteiger partial charge in [-0.1, -0.05) is 0 Å². The normalized spacial score (nSPS) is 21.3. The van der Waals surface area contributed by atoms with Gasteiger partial charge in [0.2, 0.25) is 0 Å². The molecule has 152 valence electrons. The zero-order valence-corrected chi connectivity index (χ0v) is 18.2. The summed E-state index contributed by atoms with van der Waals surface area (Å²) in [6.07, 6.45) is 1.78. The second-order valence-corrected chi connectivity index (χ2v) is 10.7. The third-order valence-corrected chi connectivity index (χ3v) is 7.72. The van der Waals surface area contributed by atoms with Gasteiger partial charge in [-0.2, -0.15) is 5.10 Å². The van der Waals surface area contributed by atoms with Gasteiger partial charge in [0.25, 0.3) is 0 Å². The van der Waals surface area contributed by atoms with Gasteiger partial charge in [-0.05, 0) is 38.9 Å². The molecule has 2 aliphatic rings. The van der Waals surface area contributed by atoms with Crippen LogP contribution in [0.3, 0.4) is 0 Å². The van der Waals surface area contributed by atoms with Crippen molar-refractivity contribution in [1.29, 1.82) is 0 Å². The van der Waals surface area contributed by atoms with Gasteiger partial charge in [-0.3, -0.25) is 19.1 Å². The van der Waals surface area contributed by atoms with Crippen LogP contribution in [0.25, 0.3) is 0 Å². The van der Waals surface area contributed by atoms with Gasteiger partial charge in [-0.25, -0.2) is 9.67 Å². The molecule has 0 bridgehead atoms. The van der Waals surface area contributed by atoms with E-state index in [2.05, 4.69) is 34.0 Å². The third-order valence-electron chi connectivity index (χ3n) is 5.91. The summed E-state index contributed by atoms with van der Waals surface area (Å²) in [4.78, 5) is 34.9. The van der Waals surface area contributed by atoms with E-state index in [9.17, 15) is 9.59 Å². The van der Waals surface area contributed by atoms with Gasteiger partial charge in [0, 0.05) is 46.6 Å². The lowest BCUT2D eigenvalue weighted by atomic mass is 9.86. The molecule has 3 aromatic rings. The van der Waals surface area contributed by atoms with Crippen molar-refractivity contribution in [3.05, 3.63) is 64.5 Å². The van der Waals surface area contributed by atoms with E-state index in [1.54, 1.807) is 4.57 Å². The van der Waals surface area contributed by atoms with Gasteiger partial charge in [0.05, 0.1) is 17.2 Å². The van der Waals surface area contributed by atoms with Crippen LogP contribution in [-0.4, -0.2) is 37.3 Å². The molecule has 0 aliphatic carbocycles. The summed E-state index contributed by atoms with van der Waals surface area (Å²) >= 11 is 3.38. The minimum Gasteiger partial charge on any atom is -0.298 e. The van der Waals surface area contributed by atoms with E-state index < -0.39 is 11.1 Å². The predicted molar refractivity (Wildman–Crippen MR) is 114 cm³/mol. The molecule has 7 nitrogen and oxygen atoms in total. The number of nitrogens with zero attached hydrogens (tertiary/aromatic N) is 5. The van der Waals surface area contributed by atoms with Crippen molar-refractivity contribution in [3.63, 3.8) is 0 Å². The van der Waals surface area contributed by atoms with E-state index in [1.807, 2.05) is 23.6 Å². The van der Waals surface area contributed by atoms with Crippen molar-refractivity contribution in [2.24, 2.45) is 5.41 Å². The lowest BCUT2D eigenvalue weighted by Gasteiger charge is -2.22. The SMILES string of the molecule is Cc1ccc(CN2CCC3(Cc4nn(Cc5csc(C)n5)c(=O)c(=O)n4C3)C2)s1. The molecule has 9 heteroatoms. The van der Waals surface area contributed by atoms with Crippen LogP contribution in [0.5, 0.6) is 0 Å². The van der Waals surface area contributed by atoms with Crippen LogP contribution in [0.1, 0.15) is 32.7 Å². The number of likely N-dealkylation sites (tertiary alicyclic amines) is 1. The van der Waals surface area contributed by atoms with Crippen molar-refractivity contribution in [1.82, 2.24) is 24.2 Å². The lowest BCUT2D eigenvalue weighted by molar-refractivity contribution is 0.247. The Labute approximate surface area is 176 Å². The Morgan fingerprint density at radius 2 is 2.00 bits per heavy atom. The van der Waals surface area contributed by atoms with Crippen LogP contribution in [-0.2, 0) is 26.1 Å². The minimum atomic E-state index is -0.555. The second-order valence-electron chi connectivity index (χ2n) is 8.28. The lowest BCUT2D eigenvalue weighted by Crippen LogP contribution is -2.43. The fourth-order valence-electron chi connectivity index (χ4n) is 4.57. The Hall–Kier alpha value is -2.10. The van der Waals surface area contributed by atoms with Gasteiger partial charge < -0.3 is 0 Å². The Morgan fingerprint density at radius 1 is 1.14 bits per heavy atom. The van der Waals surface area contributed by atoms with Crippen LogP contribution < -0.4 is 11.1 Å². The van der Waals surface area contributed by atoms with E-state index in [0.29, 0.717) is 6.54 Å². The topological polar surface area (TPSA) is 73.0 Å². The van der Waals surface area contributed by atoms with Crippen LogP contribution in [0.4, 0.5) is 0 Å². The number of thiazole rings is 1. The molecule has 0 amide bonds. The Morgan fingerprint density at radius 3 is 2.72 bits per heavy atom. The number of rotatable bonds is 4. The van der Waals surface area contributed by atoms with Crippen molar-refractivity contribution >= 4 is 22.7 Å². The smallest absolute Gasteiger partial charge is 0.298 e. The van der Waals surface area contributed by atoms with Gasteiger partial charge in [-0.15, -0.1) is 22.7 Å². The monoisotopic (exact) mass is 429 g/mol. The number of aromatic nitrogens is 4. The molecular weight excluding hydrogens is 406 g/mol. The quantitative estimate of drug-likeness (QED) is 0.594. The molecular formula is C20H23N5O2S2. The van der Waals surface area contributed by atoms with Gasteiger partial charge in [0.1, 0.15) is 5.82 Å². The van der Waals surface area contributed by atoms with Crippen molar-refractivity contribution < 1.29 is 0 Å². The van der Waals surface area contributed by atoms with Gasteiger partial charge >= 0.3 is 11.1 Å². The zero-order valence-electron chi connectivity index (χ0n) is 16.6. The molecule has 1 spiro atoms. The largest absolute Gasteiger partial charge is 0.332 e. The average molecular weight is 430 g/mol. The highest BCUT2D eigenvalue weighted by Gasteiger charge is 2.44. The summed E-state index contributed by atoms with van der Waals surface area (Å²) in [5, 5.41) is 7.42. The number of thiophene rings is 1. The highest BCUT2D eigenvalue weighted by atomic mass is 32.1. The average Bonchev–Trinajstić information content (AvgIpc) is 3.44. The number of hydrogen-bond donors (Lipinski definition) is 0. The number of aryl methyl sites for hydroxylation is 2. The molecule has 0 saturated carbocycles. The van der Waals surface area contributed by atoms with E-state index in [4.69, 9.17) is 0 Å². The first-order chi connectivity index (χ1) is 13.9. The van der Waals surface area contributed by atoms with Crippen LogP contribution >= 0.6 is 22.7 Å². The standard InChI is InChI=1S/C20H23N5O2S2/c1-13-3-4-16(29-13)9-23-6-5-20(11-23)7-17-22-25(8-15-10-28-14(2)21-15)19(27)18(26)24(17)12-20/h3-4,10H,5-9,11-12H2,1-2H3. The van der Waals surface area contributed by atoms with Crippen LogP contribution in [0.15, 0.2) is 27.1 Å². The summed E-state index contributed by atoms with van der Waals surface area (Å²) in [5.74, 6) is 0.732. The summed E-state index contributed by atoms with van der Waals surface area (Å²) in [7, 11) is 0. The highest BCUT2D eigenvalue weighted by Crippen LogP contribution is 2.39. The molecule has 1 fully saturated rings. The van der Waals surface area contributed by atoms with E-state index in [-0.39, 0.29) is 12.0 Å². The predicted octanol–water partition coefficient (Wildman–Crippen LogP) is 2.04. The Balaban J connectivity index is 1.37. The first kappa shape index (κ1) is 18.9. The number of hydrogen-bond acceptors (Lipinski definition) is 7. The second kappa shape index (κ2) is 7.00. The summed E-state index contributed by atoms with van der Waals surface area (Å²) in [6.45, 7) is 7.81. The van der Waals surface area contributed by atoms with E-state index >= 15 is 0 Å². The minimum absolute atomic E-state index is 0.00824. The Kier molecular flexibility index (Phi) is 4.56. The molecule has 0 aromatic carbocycles. The van der Waals surface area contributed by atoms with Crippen molar-refractivity contribution in [2.45, 2.75) is 46.3 Å². The molecule has 2 aliphatic heterocycles. The molecule has 0 radical (unpaired) electrons. The number of fused-ring (bicyclic) bond motifs is 1. The molecule has 1 unspecified atom stereocenters. The molecule has 1 atom stereocenters. The highest BCUT2D eigenvalue weighted by molar-refractivity contribution is 7.11. The summed E-state index contributed by atoms with van der Waals surface area (Å²) in [5.41, 5.74) is -0.224. The maximum Gasteiger partial charge on any atom is 0.332 e. The fraction of sp³-hybridized carbons (Fsp3) is 0.500. The maximum atomic E-state index is 12.8.